The second-order valence-corrected chi connectivity index (χ2v) is 8.01. The summed E-state index contributed by atoms with van der Waals surface area (Å²) in [7, 11) is 0. The number of likely N-dealkylation sites (tertiary alicyclic amines) is 1. The highest BCUT2D eigenvalue weighted by Crippen LogP contribution is 2.29. The minimum Gasteiger partial charge on any atom is -0.494 e. The number of benzene rings is 2. The smallest absolute Gasteiger partial charge is 0.257 e. The van der Waals surface area contributed by atoms with Crippen molar-refractivity contribution in [3.63, 3.8) is 0 Å². The monoisotopic (exact) mass is 419 g/mol. The lowest BCUT2D eigenvalue weighted by molar-refractivity contribution is -0.127. The van der Waals surface area contributed by atoms with Gasteiger partial charge in [-0.25, -0.2) is 0 Å². The standard InChI is InChI=1S/C25H29N3O3/c1-2-3-16-30-22-13-11-20(12-14-22)25-26-24(27-31-25)21-17-23(29)28(18-21)15-7-10-19-8-5-4-6-9-19/h4-6,8-9,11-14,21H,2-3,7,10,15-18H2,1H3. The Morgan fingerprint density at radius 2 is 1.90 bits per heavy atom. The molecule has 6 nitrogen and oxygen atoms in total. The third-order valence-corrected chi connectivity index (χ3v) is 5.63. The number of nitrogens with zero attached hydrogens (tertiary/aromatic N) is 3. The Bertz CT molecular complexity index is 969. The van der Waals surface area contributed by atoms with Crippen LogP contribution in [0.4, 0.5) is 0 Å². The minimum atomic E-state index is -0.0154. The van der Waals surface area contributed by atoms with Crippen LogP contribution in [0.15, 0.2) is 59.1 Å². The van der Waals surface area contributed by atoms with E-state index < -0.39 is 0 Å². The molecule has 162 valence electrons. The fourth-order valence-electron chi connectivity index (χ4n) is 3.83. The summed E-state index contributed by atoms with van der Waals surface area (Å²) in [6, 6.07) is 18.1. The molecule has 31 heavy (non-hydrogen) atoms. The lowest BCUT2D eigenvalue weighted by Gasteiger charge is -2.15. The maximum Gasteiger partial charge on any atom is 0.257 e. The average Bonchev–Trinajstić information content (AvgIpc) is 3.43. The molecule has 0 saturated carbocycles. The summed E-state index contributed by atoms with van der Waals surface area (Å²) in [5, 5.41) is 4.16. The van der Waals surface area contributed by atoms with Gasteiger partial charge < -0.3 is 14.2 Å². The van der Waals surface area contributed by atoms with Crippen molar-refractivity contribution in [1.29, 1.82) is 0 Å². The van der Waals surface area contributed by atoms with Crippen LogP contribution < -0.4 is 4.74 Å². The number of hydrogen-bond acceptors (Lipinski definition) is 5. The first-order valence-corrected chi connectivity index (χ1v) is 11.1. The van der Waals surface area contributed by atoms with Crippen LogP contribution in [0.25, 0.3) is 11.5 Å². The van der Waals surface area contributed by atoms with E-state index in [1.165, 1.54) is 5.56 Å². The molecule has 1 saturated heterocycles. The van der Waals surface area contributed by atoms with Crippen molar-refractivity contribution in [2.45, 2.75) is 44.9 Å². The summed E-state index contributed by atoms with van der Waals surface area (Å²) >= 11 is 0. The first-order valence-electron chi connectivity index (χ1n) is 11.1. The Hall–Kier alpha value is -3.15. The number of aromatic nitrogens is 2. The molecule has 2 heterocycles. The van der Waals surface area contributed by atoms with Gasteiger partial charge in [-0.05, 0) is 49.1 Å². The quantitative estimate of drug-likeness (QED) is 0.439. The van der Waals surface area contributed by atoms with E-state index in [1.807, 2.05) is 47.4 Å². The van der Waals surface area contributed by atoms with Gasteiger partial charge in [-0.2, -0.15) is 4.98 Å². The Morgan fingerprint density at radius 1 is 1.10 bits per heavy atom. The molecular weight excluding hydrogens is 390 g/mol. The SMILES string of the molecule is CCCCOc1ccc(-c2nc(C3CC(=O)N(CCCc4ccccc4)C3)no2)cc1. The van der Waals surface area contributed by atoms with Gasteiger partial charge in [-0.15, -0.1) is 0 Å². The molecule has 6 heteroatoms. The number of rotatable bonds is 10. The minimum absolute atomic E-state index is 0.0154. The molecule has 1 atom stereocenters. The van der Waals surface area contributed by atoms with Gasteiger partial charge in [0.15, 0.2) is 5.82 Å². The fourth-order valence-corrected chi connectivity index (χ4v) is 3.83. The molecule has 0 aliphatic carbocycles. The summed E-state index contributed by atoms with van der Waals surface area (Å²) in [5.41, 5.74) is 2.15. The molecule has 1 amide bonds. The molecule has 0 spiro atoms. The van der Waals surface area contributed by atoms with Gasteiger partial charge in [-0.3, -0.25) is 4.79 Å². The summed E-state index contributed by atoms with van der Waals surface area (Å²) in [5.74, 6) is 2.07. The highest BCUT2D eigenvalue weighted by atomic mass is 16.5. The van der Waals surface area contributed by atoms with Crippen LogP contribution >= 0.6 is 0 Å². The third-order valence-electron chi connectivity index (χ3n) is 5.63. The lowest BCUT2D eigenvalue weighted by atomic mass is 10.1. The zero-order chi connectivity index (χ0) is 21.5. The summed E-state index contributed by atoms with van der Waals surface area (Å²) in [4.78, 5) is 18.9. The van der Waals surface area contributed by atoms with Crippen LogP contribution in [0.1, 0.15) is 49.9 Å². The van der Waals surface area contributed by atoms with Gasteiger partial charge >= 0.3 is 0 Å². The van der Waals surface area contributed by atoms with Gasteiger partial charge in [-0.1, -0.05) is 48.8 Å². The van der Waals surface area contributed by atoms with Crippen LogP contribution in [0.5, 0.6) is 5.75 Å². The van der Waals surface area contributed by atoms with E-state index in [0.717, 1.165) is 50.1 Å². The summed E-state index contributed by atoms with van der Waals surface area (Å²) < 4.78 is 11.2. The van der Waals surface area contributed by atoms with Gasteiger partial charge in [0, 0.05) is 31.0 Å². The van der Waals surface area contributed by atoms with Crippen LogP contribution in [-0.2, 0) is 11.2 Å². The van der Waals surface area contributed by atoms with Crippen molar-refractivity contribution in [2.75, 3.05) is 19.7 Å². The highest BCUT2D eigenvalue weighted by Gasteiger charge is 2.33. The van der Waals surface area contributed by atoms with Crippen LogP contribution in [0.3, 0.4) is 0 Å². The van der Waals surface area contributed by atoms with Crippen molar-refractivity contribution in [2.24, 2.45) is 0 Å². The Labute approximate surface area is 183 Å². The lowest BCUT2D eigenvalue weighted by Crippen LogP contribution is -2.26. The molecule has 1 aromatic heterocycles. The van der Waals surface area contributed by atoms with E-state index in [1.54, 1.807) is 0 Å². The van der Waals surface area contributed by atoms with E-state index >= 15 is 0 Å². The molecule has 4 rings (SSSR count). The van der Waals surface area contributed by atoms with Crippen LogP contribution in [0, 0.1) is 0 Å². The molecule has 1 aliphatic heterocycles. The first kappa shape index (κ1) is 21.1. The molecular formula is C25H29N3O3. The number of ether oxygens (including phenoxy) is 1. The van der Waals surface area contributed by atoms with Gasteiger partial charge in [0.1, 0.15) is 5.75 Å². The topological polar surface area (TPSA) is 68.5 Å². The van der Waals surface area contributed by atoms with Crippen molar-refractivity contribution in [1.82, 2.24) is 15.0 Å². The third kappa shape index (κ3) is 5.51. The van der Waals surface area contributed by atoms with Crippen molar-refractivity contribution < 1.29 is 14.1 Å². The number of carbonyl (C=O) groups excluding carboxylic acids is 1. The van der Waals surface area contributed by atoms with Gasteiger partial charge in [0.05, 0.1) is 6.61 Å². The number of aryl methyl sites for hydroxylation is 1. The highest BCUT2D eigenvalue weighted by molar-refractivity contribution is 5.79. The predicted molar refractivity (Wildman–Crippen MR) is 119 cm³/mol. The van der Waals surface area contributed by atoms with E-state index in [4.69, 9.17) is 9.26 Å². The Kier molecular flexibility index (Phi) is 6.97. The molecule has 0 N–H and O–H groups in total. The molecule has 0 bridgehead atoms. The maximum absolute atomic E-state index is 12.4. The molecule has 0 radical (unpaired) electrons. The van der Waals surface area contributed by atoms with E-state index in [2.05, 4.69) is 29.2 Å². The fraction of sp³-hybridized carbons (Fsp3) is 0.400. The molecule has 2 aromatic carbocycles. The van der Waals surface area contributed by atoms with Gasteiger partial charge in [0.2, 0.25) is 5.91 Å². The van der Waals surface area contributed by atoms with Crippen LogP contribution in [0.2, 0.25) is 0 Å². The molecule has 3 aromatic rings. The maximum atomic E-state index is 12.4. The van der Waals surface area contributed by atoms with E-state index in [-0.39, 0.29) is 11.8 Å². The number of carbonyl (C=O) groups is 1. The Morgan fingerprint density at radius 3 is 2.68 bits per heavy atom. The number of unbranched alkanes of at least 4 members (excludes halogenated alkanes) is 1. The Balaban J connectivity index is 1.31. The summed E-state index contributed by atoms with van der Waals surface area (Å²) in [6.45, 7) is 4.27. The zero-order valence-corrected chi connectivity index (χ0v) is 18.0. The zero-order valence-electron chi connectivity index (χ0n) is 18.0. The van der Waals surface area contributed by atoms with Gasteiger partial charge in [0.25, 0.3) is 5.89 Å². The molecule has 1 unspecified atom stereocenters. The van der Waals surface area contributed by atoms with Crippen LogP contribution in [-0.4, -0.2) is 40.6 Å². The largest absolute Gasteiger partial charge is 0.494 e. The second-order valence-electron chi connectivity index (χ2n) is 8.01. The van der Waals surface area contributed by atoms with Crippen molar-refractivity contribution in [3.05, 3.63) is 66.0 Å². The second kappa shape index (κ2) is 10.2. The average molecular weight is 420 g/mol. The number of hydrogen-bond donors (Lipinski definition) is 0. The molecule has 1 fully saturated rings. The van der Waals surface area contributed by atoms with E-state index in [0.29, 0.717) is 24.7 Å². The normalized spacial score (nSPS) is 16.1. The first-order chi connectivity index (χ1) is 15.2. The molecule has 1 aliphatic rings. The van der Waals surface area contributed by atoms with Crippen molar-refractivity contribution in [3.8, 4) is 17.2 Å². The van der Waals surface area contributed by atoms with Crippen molar-refractivity contribution >= 4 is 5.91 Å². The summed E-state index contributed by atoms with van der Waals surface area (Å²) in [6.07, 6.45) is 4.51. The van der Waals surface area contributed by atoms with E-state index in [9.17, 15) is 4.79 Å². The predicted octanol–water partition coefficient (Wildman–Crippen LogP) is 4.86. The number of amides is 1.